The number of nitrogens with zero attached hydrogens (tertiary/aromatic N) is 1. The van der Waals surface area contributed by atoms with E-state index in [1.54, 1.807) is 25.1 Å². The van der Waals surface area contributed by atoms with Crippen molar-refractivity contribution in [3.8, 4) is 0 Å². The van der Waals surface area contributed by atoms with E-state index in [-0.39, 0.29) is 11.7 Å². The first kappa shape index (κ1) is 18.7. The topological polar surface area (TPSA) is 49.4 Å². The molecule has 132 valence electrons. The average molecular weight is 338 g/mol. The van der Waals surface area contributed by atoms with Crippen LogP contribution in [0.3, 0.4) is 0 Å². The molecular formula is C21H26N2O2. The summed E-state index contributed by atoms with van der Waals surface area (Å²) >= 11 is 0. The van der Waals surface area contributed by atoms with Crippen LogP contribution in [-0.2, 0) is 0 Å². The van der Waals surface area contributed by atoms with Crippen LogP contribution in [0.1, 0.15) is 52.6 Å². The lowest BCUT2D eigenvalue weighted by Crippen LogP contribution is -2.26. The van der Waals surface area contributed by atoms with Gasteiger partial charge >= 0.3 is 0 Å². The molecule has 0 aromatic heterocycles. The Morgan fingerprint density at radius 3 is 2.12 bits per heavy atom. The van der Waals surface area contributed by atoms with Crippen LogP contribution in [0.4, 0.5) is 11.4 Å². The van der Waals surface area contributed by atoms with Crippen molar-refractivity contribution in [1.82, 2.24) is 0 Å². The van der Waals surface area contributed by atoms with Gasteiger partial charge in [0.05, 0.1) is 11.4 Å². The molecule has 0 atom stereocenters. The predicted molar refractivity (Wildman–Crippen MR) is 104 cm³/mol. The molecule has 0 aliphatic rings. The highest BCUT2D eigenvalue weighted by Gasteiger charge is 2.20. The summed E-state index contributed by atoms with van der Waals surface area (Å²) in [5.41, 5.74) is 4.90. The van der Waals surface area contributed by atoms with Gasteiger partial charge in [0, 0.05) is 24.2 Å². The number of hydrogen-bond donors (Lipinski definition) is 1. The van der Waals surface area contributed by atoms with Crippen molar-refractivity contribution in [3.05, 3.63) is 58.7 Å². The van der Waals surface area contributed by atoms with E-state index in [0.29, 0.717) is 16.8 Å². The van der Waals surface area contributed by atoms with E-state index in [1.807, 2.05) is 32.0 Å². The van der Waals surface area contributed by atoms with Gasteiger partial charge in [-0.15, -0.1) is 0 Å². The maximum atomic E-state index is 12.6. The summed E-state index contributed by atoms with van der Waals surface area (Å²) in [6.07, 6.45) is 0. The third-order valence-corrected chi connectivity index (χ3v) is 4.61. The maximum absolute atomic E-state index is 12.6. The molecule has 0 aliphatic heterocycles. The van der Waals surface area contributed by atoms with Crippen molar-refractivity contribution in [2.45, 2.75) is 34.6 Å². The van der Waals surface area contributed by atoms with Gasteiger partial charge in [0.25, 0.3) is 5.91 Å². The molecular weight excluding hydrogens is 312 g/mol. The summed E-state index contributed by atoms with van der Waals surface area (Å²) in [4.78, 5) is 26.8. The minimum Gasteiger partial charge on any atom is -0.370 e. The molecule has 2 aromatic carbocycles. The van der Waals surface area contributed by atoms with Crippen LogP contribution < -0.4 is 10.2 Å². The second kappa shape index (κ2) is 7.97. The zero-order valence-electron chi connectivity index (χ0n) is 15.6. The number of rotatable bonds is 6. The van der Waals surface area contributed by atoms with E-state index < -0.39 is 0 Å². The predicted octanol–water partition coefficient (Wildman–Crippen LogP) is 4.60. The molecule has 0 fully saturated rings. The Hall–Kier alpha value is -2.62. The Labute approximate surface area is 149 Å². The van der Waals surface area contributed by atoms with Gasteiger partial charge in [-0.1, -0.05) is 18.2 Å². The lowest BCUT2D eigenvalue weighted by atomic mass is 9.96. The normalized spacial score (nSPS) is 10.4. The first-order chi connectivity index (χ1) is 11.9. The van der Waals surface area contributed by atoms with E-state index in [0.717, 1.165) is 29.9 Å². The van der Waals surface area contributed by atoms with E-state index in [2.05, 4.69) is 24.1 Å². The fraction of sp³-hybridized carbons (Fsp3) is 0.333. The van der Waals surface area contributed by atoms with Gasteiger partial charge in [0.2, 0.25) is 0 Å². The molecule has 0 saturated carbocycles. The van der Waals surface area contributed by atoms with Crippen LogP contribution in [0, 0.1) is 13.8 Å². The molecule has 0 spiro atoms. The van der Waals surface area contributed by atoms with E-state index in [1.165, 1.54) is 0 Å². The van der Waals surface area contributed by atoms with E-state index >= 15 is 0 Å². The number of hydrogen-bond acceptors (Lipinski definition) is 3. The average Bonchev–Trinajstić information content (AvgIpc) is 2.61. The summed E-state index contributed by atoms with van der Waals surface area (Å²) in [5, 5.41) is 3.01. The summed E-state index contributed by atoms with van der Waals surface area (Å²) in [6, 6.07) is 10.9. The second-order valence-corrected chi connectivity index (χ2v) is 6.12. The Kier molecular flexibility index (Phi) is 5.97. The van der Waals surface area contributed by atoms with Crippen LogP contribution in [0.25, 0.3) is 0 Å². The third-order valence-electron chi connectivity index (χ3n) is 4.61. The summed E-state index contributed by atoms with van der Waals surface area (Å²) < 4.78 is 0. The Morgan fingerprint density at radius 2 is 1.60 bits per heavy atom. The van der Waals surface area contributed by atoms with Gasteiger partial charge in [-0.3, -0.25) is 9.59 Å². The fourth-order valence-electron chi connectivity index (χ4n) is 3.09. The van der Waals surface area contributed by atoms with Crippen LogP contribution in [0.15, 0.2) is 36.4 Å². The van der Waals surface area contributed by atoms with Crippen molar-refractivity contribution in [1.29, 1.82) is 0 Å². The largest absolute Gasteiger partial charge is 0.370 e. The van der Waals surface area contributed by atoms with Crippen molar-refractivity contribution in [2.24, 2.45) is 0 Å². The van der Waals surface area contributed by atoms with Gasteiger partial charge < -0.3 is 10.2 Å². The highest BCUT2D eigenvalue weighted by atomic mass is 16.1. The van der Waals surface area contributed by atoms with Crippen molar-refractivity contribution < 1.29 is 9.59 Å². The molecule has 1 N–H and O–H groups in total. The maximum Gasteiger partial charge on any atom is 0.255 e. The van der Waals surface area contributed by atoms with E-state index in [4.69, 9.17) is 0 Å². The van der Waals surface area contributed by atoms with E-state index in [9.17, 15) is 9.59 Å². The molecule has 0 bridgehead atoms. The smallest absolute Gasteiger partial charge is 0.255 e. The number of anilines is 2. The van der Waals surface area contributed by atoms with Gasteiger partial charge in [-0.2, -0.15) is 0 Å². The number of ketones is 1. The molecule has 2 aromatic rings. The standard InChI is InChI=1S/C21H26N2O2/c1-6-23(7-2)20-15(4)14(3)18(16(5)24)13-19(20)22-21(25)17-11-9-8-10-12-17/h8-13H,6-7H2,1-5H3,(H,22,25). The van der Waals surface area contributed by atoms with Gasteiger partial charge in [0.1, 0.15) is 0 Å². The summed E-state index contributed by atoms with van der Waals surface area (Å²) in [6.45, 7) is 11.3. The molecule has 0 aliphatic carbocycles. The highest BCUT2D eigenvalue weighted by molar-refractivity contribution is 6.08. The monoisotopic (exact) mass is 338 g/mol. The molecule has 4 heteroatoms. The Balaban J connectivity index is 2.57. The minimum atomic E-state index is -0.174. The van der Waals surface area contributed by atoms with Crippen LogP contribution in [0.2, 0.25) is 0 Å². The van der Waals surface area contributed by atoms with Gasteiger partial charge in [-0.05, 0) is 63.9 Å². The summed E-state index contributed by atoms with van der Waals surface area (Å²) in [5.74, 6) is -0.173. The zero-order chi connectivity index (χ0) is 18.6. The quantitative estimate of drug-likeness (QED) is 0.783. The van der Waals surface area contributed by atoms with Crippen molar-refractivity contribution >= 4 is 23.1 Å². The number of nitrogens with one attached hydrogen (secondary N) is 1. The van der Waals surface area contributed by atoms with Crippen molar-refractivity contribution in [3.63, 3.8) is 0 Å². The molecule has 0 unspecified atom stereocenters. The van der Waals surface area contributed by atoms with Crippen LogP contribution in [-0.4, -0.2) is 24.8 Å². The number of carbonyl (C=O) groups excluding carboxylic acids is 2. The van der Waals surface area contributed by atoms with Gasteiger partial charge in [0.15, 0.2) is 5.78 Å². The fourth-order valence-corrected chi connectivity index (χ4v) is 3.09. The number of carbonyl (C=O) groups is 2. The number of amides is 1. The first-order valence-electron chi connectivity index (χ1n) is 8.67. The zero-order valence-corrected chi connectivity index (χ0v) is 15.6. The Morgan fingerprint density at radius 1 is 1.00 bits per heavy atom. The summed E-state index contributed by atoms with van der Waals surface area (Å²) in [7, 11) is 0. The molecule has 2 rings (SSSR count). The lowest BCUT2D eigenvalue weighted by molar-refractivity contribution is 0.101. The molecule has 0 saturated heterocycles. The van der Waals surface area contributed by atoms with Crippen LogP contribution in [0.5, 0.6) is 0 Å². The molecule has 0 radical (unpaired) electrons. The van der Waals surface area contributed by atoms with Crippen molar-refractivity contribution in [2.75, 3.05) is 23.3 Å². The van der Waals surface area contributed by atoms with Gasteiger partial charge in [-0.25, -0.2) is 0 Å². The second-order valence-electron chi connectivity index (χ2n) is 6.12. The highest BCUT2D eigenvalue weighted by Crippen LogP contribution is 2.35. The SMILES string of the molecule is CCN(CC)c1c(NC(=O)c2ccccc2)cc(C(C)=O)c(C)c1C. The first-order valence-corrected chi connectivity index (χ1v) is 8.67. The molecule has 0 heterocycles. The minimum absolute atomic E-state index is 0.00177. The van der Waals surface area contributed by atoms with Crippen LogP contribution >= 0.6 is 0 Å². The lowest BCUT2D eigenvalue weighted by Gasteiger charge is -2.28. The molecule has 1 amide bonds. The molecule has 4 nitrogen and oxygen atoms in total. The number of Topliss-reactive ketones (excluding diaryl/α,β-unsaturated/α-hetero) is 1. The third kappa shape index (κ3) is 3.90. The Bertz CT molecular complexity index is 778. The number of benzene rings is 2. The molecule has 25 heavy (non-hydrogen) atoms.